The molecule has 0 aliphatic carbocycles. The lowest BCUT2D eigenvalue weighted by Gasteiger charge is -2.48. The number of unbranched alkanes of at least 4 members (excludes halogenated alkanes) is 3. The van der Waals surface area contributed by atoms with E-state index in [1.54, 1.807) is 37.4 Å². The summed E-state index contributed by atoms with van der Waals surface area (Å²) in [5, 5.41) is 4.15. The molecule has 316 valence electrons. The molecular formula is C41H59N3O13. The Morgan fingerprint density at radius 2 is 1.42 bits per heavy atom. The number of carbonyl (C=O) groups is 2. The first-order valence-corrected chi connectivity index (χ1v) is 19.8. The van der Waals surface area contributed by atoms with E-state index < -0.39 is 73.3 Å². The third-order valence-corrected chi connectivity index (χ3v) is 9.65. The SMILES string of the molecule is CCCCOCC1O[C@H](O[C@@H]2C(C(=O)OC)O[C@H](OC)C(OC(=O)c3ccccc3)C2OCCCC)C(N=[N+]=[N-])C(OCCCC)[C@@H]1OCc1ccc(OC)cc1. The summed E-state index contributed by atoms with van der Waals surface area (Å²) >= 11 is 0. The lowest BCUT2D eigenvalue weighted by molar-refractivity contribution is -0.345. The second kappa shape index (κ2) is 24.8. The molecule has 0 spiro atoms. The summed E-state index contributed by atoms with van der Waals surface area (Å²) in [5.41, 5.74) is 11.1. The Morgan fingerprint density at radius 1 is 0.754 bits per heavy atom. The molecule has 16 nitrogen and oxygen atoms in total. The number of rotatable bonds is 24. The van der Waals surface area contributed by atoms with E-state index >= 15 is 0 Å². The van der Waals surface area contributed by atoms with E-state index in [1.165, 1.54) is 14.2 Å². The third-order valence-electron chi connectivity index (χ3n) is 9.65. The molecule has 0 amide bonds. The van der Waals surface area contributed by atoms with E-state index in [9.17, 15) is 15.1 Å². The maximum atomic E-state index is 13.5. The van der Waals surface area contributed by atoms with Gasteiger partial charge in [0.2, 0.25) is 0 Å². The van der Waals surface area contributed by atoms with Crippen molar-refractivity contribution in [1.29, 1.82) is 0 Å². The van der Waals surface area contributed by atoms with Crippen LogP contribution in [0.15, 0.2) is 59.7 Å². The highest BCUT2D eigenvalue weighted by molar-refractivity contribution is 5.89. The second-order valence-electron chi connectivity index (χ2n) is 13.7. The Balaban J connectivity index is 1.75. The zero-order chi connectivity index (χ0) is 41.0. The Labute approximate surface area is 335 Å². The first-order valence-electron chi connectivity index (χ1n) is 19.8. The maximum Gasteiger partial charge on any atom is 0.338 e. The number of azide groups is 1. The molecule has 2 aliphatic rings. The predicted octanol–water partition coefficient (Wildman–Crippen LogP) is 6.33. The Morgan fingerprint density at radius 3 is 2.04 bits per heavy atom. The first-order chi connectivity index (χ1) is 27.8. The summed E-state index contributed by atoms with van der Waals surface area (Å²) in [6.07, 6.45) is -5.48. The number of carbonyl (C=O) groups excluding carboxylic acids is 2. The molecule has 6 unspecified atom stereocenters. The van der Waals surface area contributed by atoms with Gasteiger partial charge in [0, 0.05) is 31.8 Å². The van der Waals surface area contributed by atoms with Gasteiger partial charge in [-0.2, -0.15) is 0 Å². The lowest BCUT2D eigenvalue weighted by Crippen LogP contribution is -2.66. The first kappa shape index (κ1) is 45.9. The van der Waals surface area contributed by atoms with Gasteiger partial charge in [0.1, 0.15) is 36.2 Å². The van der Waals surface area contributed by atoms with Crippen LogP contribution in [0.1, 0.15) is 75.2 Å². The quantitative estimate of drug-likeness (QED) is 0.0378. The van der Waals surface area contributed by atoms with Gasteiger partial charge in [-0.1, -0.05) is 75.5 Å². The van der Waals surface area contributed by atoms with Crippen molar-refractivity contribution in [2.24, 2.45) is 5.11 Å². The van der Waals surface area contributed by atoms with Crippen LogP contribution in [0.25, 0.3) is 10.4 Å². The molecule has 2 heterocycles. The molecule has 2 aromatic rings. The molecule has 10 atom stereocenters. The van der Waals surface area contributed by atoms with Crippen LogP contribution in [0.4, 0.5) is 0 Å². The number of hydrogen-bond donors (Lipinski definition) is 0. The van der Waals surface area contributed by atoms with E-state index in [0.717, 1.165) is 37.7 Å². The molecule has 0 saturated carbocycles. The Kier molecular flexibility index (Phi) is 20.0. The van der Waals surface area contributed by atoms with Gasteiger partial charge in [0.25, 0.3) is 0 Å². The molecule has 2 aromatic carbocycles. The van der Waals surface area contributed by atoms with E-state index in [2.05, 4.69) is 16.9 Å². The number of methoxy groups -OCH3 is 3. The summed E-state index contributed by atoms with van der Waals surface area (Å²) in [6, 6.07) is 14.7. The molecule has 16 heteroatoms. The summed E-state index contributed by atoms with van der Waals surface area (Å²) in [5.74, 6) is -0.767. The fourth-order valence-corrected chi connectivity index (χ4v) is 6.49. The molecule has 2 aliphatic heterocycles. The van der Waals surface area contributed by atoms with Crippen LogP contribution in [0.2, 0.25) is 0 Å². The number of esters is 2. The highest BCUT2D eigenvalue weighted by atomic mass is 16.8. The summed E-state index contributed by atoms with van der Waals surface area (Å²) in [7, 11) is 4.17. The second-order valence-corrected chi connectivity index (χ2v) is 13.7. The van der Waals surface area contributed by atoms with Crippen LogP contribution < -0.4 is 4.74 Å². The third kappa shape index (κ3) is 13.1. The number of hydrogen-bond acceptors (Lipinski definition) is 14. The maximum absolute atomic E-state index is 13.5. The molecular weight excluding hydrogens is 742 g/mol. The van der Waals surface area contributed by atoms with Gasteiger partial charge in [0.05, 0.1) is 39.1 Å². The predicted molar refractivity (Wildman–Crippen MR) is 206 cm³/mol. The van der Waals surface area contributed by atoms with Crippen LogP contribution in [-0.4, -0.2) is 121 Å². The van der Waals surface area contributed by atoms with Crippen LogP contribution in [0, 0.1) is 0 Å². The fraction of sp³-hybridized carbons (Fsp3) is 0.659. The monoisotopic (exact) mass is 801 g/mol. The van der Waals surface area contributed by atoms with Crippen molar-refractivity contribution in [3.05, 3.63) is 76.2 Å². The Bertz CT molecular complexity index is 1510. The summed E-state index contributed by atoms with van der Waals surface area (Å²) in [4.78, 5) is 30.2. The van der Waals surface area contributed by atoms with Gasteiger partial charge < -0.3 is 52.1 Å². The molecule has 0 aromatic heterocycles. The molecule has 4 rings (SSSR count). The molecule has 2 fully saturated rings. The zero-order valence-electron chi connectivity index (χ0n) is 33.9. The number of ether oxygens (including phenoxy) is 11. The van der Waals surface area contributed by atoms with Crippen molar-refractivity contribution >= 4 is 11.9 Å². The van der Waals surface area contributed by atoms with E-state index in [4.69, 9.17) is 52.1 Å². The van der Waals surface area contributed by atoms with Crippen molar-refractivity contribution in [3.63, 3.8) is 0 Å². The molecule has 0 bridgehead atoms. The van der Waals surface area contributed by atoms with Crippen molar-refractivity contribution in [3.8, 4) is 5.75 Å². The van der Waals surface area contributed by atoms with Gasteiger partial charge in [-0.3, -0.25) is 0 Å². The highest BCUT2D eigenvalue weighted by Gasteiger charge is 2.56. The minimum Gasteiger partial charge on any atom is -0.497 e. The van der Waals surface area contributed by atoms with Gasteiger partial charge in [-0.15, -0.1) is 0 Å². The summed E-state index contributed by atoms with van der Waals surface area (Å²) < 4.78 is 67.2. The minimum atomic E-state index is -1.45. The van der Waals surface area contributed by atoms with E-state index in [-0.39, 0.29) is 25.4 Å². The van der Waals surface area contributed by atoms with Gasteiger partial charge in [-0.25, -0.2) is 9.59 Å². The zero-order valence-corrected chi connectivity index (χ0v) is 33.9. The smallest absolute Gasteiger partial charge is 0.338 e. The van der Waals surface area contributed by atoms with Gasteiger partial charge in [-0.05, 0) is 54.6 Å². The standard InChI is InChI=1S/C41H59N3O13/c1-7-10-22-50-26-30-32(53-25-27-18-20-29(47-4)21-19-27)33(51-23-11-8-2)31(43-44-42)40(54-30)56-35-34(52-24-12-9-3)37(41(49-6)57-36(35)39(46)48-5)55-38(45)28-16-14-13-15-17-28/h13-21,30-37,40-41H,7-12,22-26H2,1-6H3/t30?,31?,32-,33?,34?,35+,36?,37?,40-,41+/m1/s1. The molecule has 57 heavy (non-hydrogen) atoms. The van der Waals surface area contributed by atoms with E-state index in [1.807, 2.05) is 38.1 Å². The molecule has 0 radical (unpaired) electrons. The number of benzene rings is 2. The van der Waals surface area contributed by atoms with Crippen molar-refractivity contribution in [1.82, 2.24) is 0 Å². The fourth-order valence-electron chi connectivity index (χ4n) is 6.49. The minimum absolute atomic E-state index is 0.0881. The average molecular weight is 802 g/mol. The average Bonchev–Trinajstić information content (AvgIpc) is 3.24. The summed E-state index contributed by atoms with van der Waals surface area (Å²) in [6.45, 7) is 7.37. The number of nitrogens with zero attached hydrogens (tertiary/aromatic N) is 3. The van der Waals surface area contributed by atoms with Crippen LogP contribution in [0.5, 0.6) is 5.75 Å². The molecule has 2 saturated heterocycles. The van der Waals surface area contributed by atoms with Crippen LogP contribution in [0.3, 0.4) is 0 Å². The lowest BCUT2D eigenvalue weighted by atomic mass is 9.95. The van der Waals surface area contributed by atoms with E-state index in [0.29, 0.717) is 25.4 Å². The largest absolute Gasteiger partial charge is 0.497 e. The topological polar surface area (TPSA) is 184 Å². The molecule has 0 N–H and O–H groups in total. The van der Waals surface area contributed by atoms with Crippen LogP contribution >= 0.6 is 0 Å². The van der Waals surface area contributed by atoms with Crippen molar-refractivity contribution in [2.45, 2.75) is 127 Å². The normalized spacial score (nSPS) is 27.3. The van der Waals surface area contributed by atoms with Gasteiger partial charge >= 0.3 is 11.9 Å². The highest BCUT2D eigenvalue weighted by Crippen LogP contribution is 2.36. The Hall–Kier alpha value is -3.83. The van der Waals surface area contributed by atoms with Crippen molar-refractivity contribution < 1.29 is 61.7 Å². The van der Waals surface area contributed by atoms with Gasteiger partial charge in [0.15, 0.2) is 24.8 Å². The van der Waals surface area contributed by atoms with Crippen LogP contribution in [-0.2, 0) is 58.8 Å². The van der Waals surface area contributed by atoms with Crippen molar-refractivity contribution in [2.75, 3.05) is 47.8 Å².